The van der Waals surface area contributed by atoms with E-state index in [9.17, 15) is 4.79 Å². The number of carbonyl (C=O) groups excluding carboxylic acids is 1. The maximum absolute atomic E-state index is 10.4. The van der Waals surface area contributed by atoms with Gasteiger partial charge in [-0.05, 0) is 26.3 Å². The second kappa shape index (κ2) is 9.51. The lowest BCUT2D eigenvalue weighted by Crippen LogP contribution is -2.24. The lowest BCUT2D eigenvalue weighted by Gasteiger charge is -2.13. The Balaban J connectivity index is 3.11. The molecule has 0 spiro atoms. The number of amides is 1. The smallest absolute Gasteiger partial charge is 0.233 e. The molecule has 0 aliphatic rings. The van der Waals surface area contributed by atoms with Gasteiger partial charge in [0.2, 0.25) is 6.41 Å². The minimum absolute atomic E-state index is 0.123. The number of aryl methyl sites for hydroxylation is 1. The lowest BCUT2D eigenvalue weighted by atomic mass is 9.99. The number of rotatable bonds is 8. The van der Waals surface area contributed by atoms with Crippen LogP contribution in [0.1, 0.15) is 30.5 Å². The van der Waals surface area contributed by atoms with Crippen LogP contribution < -0.4 is 5.73 Å². The predicted octanol–water partition coefficient (Wildman–Crippen LogP) is 2.14. The molecule has 128 valence electrons. The van der Waals surface area contributed by atoms with Gasteiger partial charge in [0.15, 0.2) is 0 Å². The van der Waals surface area contributed by atoms with E-state index in [-0.39, 0.29) is 11.6 Å². The summed E-state index contributed by atoms with van der Waals surface area (Å²) < 4.78 is 0. The first kappa shape index (κ1) is 19.4. The van der Waals surface area contributed by atoms with Gasteiger partial charge >= 0.3 is 0 Å². The minimum atomic E-state index is 0.123. The summed E-state index contributed by atoms with van der Waals surface area (Å²) in [7, 11) is 1.42. The highest BCUT2D eigenvalue weighted by atomic mass is 32.1. The second-order valence-corrected chi connectivity index (χ2v) is 5.30. The summed E-state index contributed by atoms with van der Waals surface area (Å²) in [5, 5.41) is 7.85. The zero-order chi connectivity index (χ0) is 18.1. The Hall–Kier alpha value is -2.61. The summed E-state index contributed by atoms with van der Waals surface area (Å²) >= 11 is 5.03. The van der Waals surface area contributed by atoms with Crippen molar-refractivity contribution in [3.63, 3.8) is 0 Å². The van der Waals surface area contributed by atoms with E-state index < -0.39 is 0 Å². The van der Waals surface area contributed by atoms with Crippen LogP contribution in [-0.4, -0.2) is 35.6 Å². The molecule has 0 aliphatic heterocycles. The van der Waals surface area contributed by atoms with E-state index in [1.165, 1.54) is 7.11 Å². The largest absolute Gasteiger partial charge is 0.399 e. The summed E-state index contributed by atoms with van der Waals surface area (Å²) in [5.41, 5.74) is 9.62. The molecule has 0 fully saturated rings. The number of hydrogen-bond acceptors (Lipinski definition) is 6. The third-order valence-corrected chi connectivity index (χ3v) is 3.46. The Labute approximate surface area is 146 Å². The van der Waals surface area contributed by atoms with E-state index in [1.54, 1.807) is 13.8 Å². The zero-order valence-electron chi connectivity index (χ0n) is 14.1. The molecular formula is C16H20N4O3S. The van der Waals surface area contributed by atoms with E-state index in [0.29, 0.717) is 23.5 Å². The molecular weight excluding hydrogens is 328 g/mol. The fourth-order valence-electron chi connectivity index (χ4n) is 1.87. The van der Waals surface area contributed by atoms with Gasteiger partial charge in [-0.25, -0.2) is 4.99 Å². The first-order chi connectivity index (χ1) is 11.4. The second-order valence-electron chi connectivity index (χ2n) is 4.86. The number of hydrogen-bond donors (Lipinski definition) is 1. The zero-order valence-corrected chi connectivity index (χ0v) is 14.9. The van der Waals surface area contributed by atoms with Crippen molar-refractivity contribution < 1.29 is 14.5 Å². The van der Waals surface area contributed by atoms with E-state index in [0.717, 1.165) is 16.7 Å². The highest BCUT2D eigenvalue weighted by molar-refractivity contribution is 7.82. The van der Waals surface area contributed by atoms with Gasteiger partial charge in [0.1, 0.15) is 24.4 Å². The van der Waals surface area contributed by atoms with Crippen LogP contribution in [0.15, 0.2) is 33.5 Å². The fraction of sp³-hybridized carbons (Fsp3) is 0.312. The molecule has 1 aromatic carbocycles. The van der Waals surface area contributed by atoms with Crippen LogP contribution in [0.4, 0.5) is 0 Å². The monoisotopic (exact) mass is 348 g/mol. The molecule has 24 heavy (non-hydrogen) atoms. The molecule has 0 radical (unpaired) electrons. The number of oxime groups is 2. The van der Waals surface area contributed by atoms with Crippen LogP contribution in [0.3, 0.4) is 0 Å². The van der Waals surface area contributed by atoms with Crippen molar-refractivity contribution in [3.05, 3.63) is 34.9 Å². The number of aliphatic imine (C=N–C) groups is 1. The molecule has 1 amide bonds. The van der Waals surface area contributed by atoms with Gasteiger partial charge in [-0.1, -0.05) is 40.7 Å². The number of nitrogens with zero attached hydrogens (tertiary/aromatic N) is 3. The lowest BCUT2D eigenvalue weighted by molar-refractivity contribution is -0.106. The SMILES string of the molecule is CO/N=C(/C(N)=S)c1cccc(C)c1CO/N=C(\C)C(C)=NC=O. The highest BCUT2D eigenvalue weighted by Gasteiger charge is 2.15. The van der Waals surface area contributed by atoms with E-state index in [1.807, 2.05) is 25.1 Å². The molecule has 7 nitrogen and oxygen atoms in total. The molecule has 0 saturated carbocycles. The number of carbonyl (C=O) groups is 1. The first-order valence-corrected chi connectivity index (χ1v) is 7.48. The third kappa shape index (κ3) is 5.24. The summed E-state index contributed by atoms with van der Waals surface area (Å²) in [4.78, 5) is 24.3. The average Bonchev–Trinajstić information content (AvgIpc) is 2.54. The van der Waals surface area contributed by atoms with Crippen molar-refractivity contribution in [1.29, 1.82) is 0 Å². The van der Waals surface area contributed by atoms with E-state index in [2.05, 4.69) is 15.3 Å². The Morgan fingerprint density at radius 3 is 2.58 bits per heavy atom. The van der Waals surface area contributed by atoms with E-state index >= 15 is 0 Å². The normalized spacial score (nSPS) is 12.8. The average molecular weight is 348 g/mol. The van der Waals surface area contributed by atoms with Crippen LogP contribution in [-0.2, 0) is 21.1 Å². The van der Waals surface area contributed by atoms with Crippen LogP contribution in [0, 0.1) is 6.92 Å². The Kier molecular flexibility index (Phi) is 7.70. The van der Waals surface area contributed by atoms with Crippen molar-refractivity contribution >= 4 is 40.8 Å². The van der Waals surface area contributed by atoms with Crippen LogP contribution >= 0.6 is 12.2 Å². The predicted molar refractivity (Wildman–Crippen MR) is 98.6 cm³/mol. The summed E-state index contributed by atoms with van der Waals surface area (Å²) in [5.74, 6) is 0. The Morgan fingerprint density at radius 2 is 2.00 bits per heavy atom. The Bertz CT molecular complexity index is 711. The topological polar surface area (TPSA) is 98.6 Å². The highest BCUT2D eigenvalue weighted by Crippen LogP contribution is 2.17. The maximum atomic E-state index is 10.4. The first-order valence-electron chi connectivity index (χ1n) is 7.07. The standard InChI is InChI=1S/C16H20N4O3S/c1-10-6-5-7-13(15(16(17)24)20-22-4)14(10)8-23-19-12(3)11(2)18-9-21/h5-7,9H,8H2,1-4H3,(H2,17,24)/b18-11?,19-12+,20-15+. The number of thiocarbonyl (C=S) groups is 1. The molecule has 0 aliphatic carbocycles. The molecule has 2 N–H and O–H groups in total. The summed E-state index contributed by atoms with van der Waals surface area (Å²) in [6.07, 6.45) is 0.462. The van der Waals surface area contributed by atoms with Gasteiger partial charge in [-0.15, -0.1) is 0 Å². The summed E-state index contributed by atoms with van der Waals surface area (Å²) in [6, 6.07) is 5.63. The van der Waals surface area contributed by atoms with Gasteiger partial charge in [-0.3, -0.25) is 4.79 Å². The van der Waals surface area contributed by atoms with Gasteiger partial charge in [0.25, 0.3) is 0 Å². The van der Waals surface area contributed by atoms with Crippen LogP contribution in [0.25, 0.3) is 0 Å². The molecule has 1 rings (SSSR count). The minimum Gasteiger partial charge on any atom is -0.399 e. The summed E-state index contributed by atoms with van der Waals surface area (Å²) in [6.45, 7) is 5.49. The van der Waals surface area contributed by atoms with Gasteiger partial charge < -0.3 is 15.4 Å². The molecule has 0 saturated heterocycles. The molecule has 0 unspecified atom stereocenters. The van der Waals surface area contributed by atoms with Crippen molar-refractivity contribution in [1.82, 2.24) is 0 Å². The molecule has 0 bridgehead atoms. The molecule has 8 heteroatoms. The van der Waals surface area contributed by atoms with Gasteiger partial charge in [0, 0.05) is 11.1 Å². The Morgan fingerprint density at radius 1 is 1.29 bits per heavy atom. The van der Waals surface area contributed by atoms with Crippen LogP contribution in [0.2, 0.25) is 0 Å². The molecule has 0 aromatic heterocycles. The molecule has 1 aromatic rings. The van der Waals surface area contributed by atoms with Gasteiger partial charge in [0.05, 0.1) is 11.4 Å². The maximum Gasteiger partial charge on any atom is 0.233 e. The van der Waals surface area contributed by atoms with Crippen LogP contribution in [0.5, 0.6) is 0 Å². The third-order valence-electron chi connectivity index (χ3n) is 3.26. The van der Waals surface area contributed by atoms with Gasteiger partial charge in [-0.2, -0.15) is 0 Å². The fourth-order valence-corrected chi connectivity index (χ4v) is 2.01. The number of benzene rings is 1. The quantitative estimate of drug-likeness (QED) is 0.336. The number of nitrogens with two attached hydrogens (primary N) is 1. The molecule has 0 atom stereocenters. The van der Waals surface area contributed by atoms with Crippen molar-refractivity contribution in [2.45, 2.75) is 27.4 Å². The van der Waals surface area contributed by atoms with E-state index in [4.69, 9.17) is 27.6 Å². The van der Waals surface area contributed by atoms with Crippen molar-refractivity contribution in [3.8, 4) is 0 Å². The van der Waals surface area contributed by atoms with Crippen molar-refractivity contribution in [2.75, 3.05) is 7.11 Å². The molecule has 0 heterocycles. The van der Waals surface area contributed by atoms with Crippen molar-refractivity contribution in [2.24, 2.45) is 21.0 Å².